The molecule has 17 heavy (non-hydrogen) atoms. The lowest BCUT2D eigenvalue weighted by molar-refractivity contribution is 0.314. The van der Waals surface area contributed by atoms with Crippen LogP contribution in [0.2, 0.25) is 0 Å². The Kier molecular flexibility index (Phi) is 5.49. The minimum Gasteiger partial charge on any atom is -0.409 e. The molecule has 0 spiro atoms. The van der Waals surface area contributed by atoms with E-state index in [1.54, 1.807) is 0 Å². The van der Waals surface area contributed by atoms with Crippen LogP contribution in [-0.2, 0) is 13.0 Å². The summed E-state index contributed by atoms with van der Waals surface area (Å²) in [6, 6.07) is 8.22. The maximum absolute atomic E-state index is 8.66. The highest BCUT2D eigenvalue weighted by atomic mass is 16.4. The monoisotopic (exact) mass is 235 g/mol. The summed E-state index contributed by atoms with van der Waals surface area (Å²) in [5.41, 5.74) is 8.19. The molecule has 1 atom stereocenters. The van der Waals surface area contributed by atoms with Gasteiger partial charge in [0, 0.05) is 6.54 Å². The predicted octanol–water partition coefficient (Wildman–Crippen LogP) is 1.86. The molecule has 0 radical (unpaired) electrons. The van der Waals surface area contributed by atoms with Crippen molar-refractivity contribution in [2.24, 2.45) is 10.9 Å². The number of nitrogens with one attached hydrogen (secondary N) is 1. The third kappa shape index (κ3) is 3.75. The van der Waals surface area contributed by atoms with Crippen LogP contribution in [0.25, 0.3) is 0 Å². The van der Waals surface area contributed by atoms with Crippen LogP contribution in [0, 0.1) is 0 Å². The molecule has 0 amide bonds. The van der Waals surface area contributed by atoms with Crippen molar-refractivity contribution in [1.29, 1.82) is 0 Å². The van der Waals surface area contributed by atoms with Gasteiger partial charge in [0.2, 0.25) is 0 Å². The Labute approximate surface area is 103 Å². The molecule has 0 aliphatic rings. The molecule has 0 aromatic heterocycles. The third-order valence-electron chi connectivity index (χ3n) is 2.92. The van der Waals surface area contributed by atoms with Crippen molar-refractivity contribution in [3.63, 3.8) is 0 Å². The summed E-state index contributed by atoms with van der Waals surface area (Å²) in [6.07, 6.45) is 1.81. The van der Waals surface area contributed by atoms with Gasteiger partial charge in [-0.1, -0.05) is 43.3 Å². The number of aryl methyl sites for hydroxylation is 1. The van der Waals surface area contributed by atoms with Gasteiger partial charge in [-0.25, -0.2) is 0 Å². The van der Waals surface area contributed by atoms with Crippen molar-refractivity contribution in [3.8, 4) is 0 Å². The first kappa shape index (κ1) is 13.5. The molecule has 1 aromatic rings. The Morgan fingerprint density at radius 1 is 1.35 bits per heavy atom. The first-order chi connectivity index (χ1) is 8.22. The summed E-state index contributed by atoms with van der Waals surface area (Å²) in [7, 11) is 0. The van der Waals surface area contributed by atoms with Crippen LogP contribution in [0.3, 0.4) is 0 Å². The highest BCUT2D eigenvalue weighted by Crippen LogP contribution is 2.09. The molecule has 0 saturated carbocycles. The maximum Gasteiger partial charge on any atom is 0.156 e. The Balaban J connectivity index is 2.66. The van der Waals surface area contributed by atoms with Crippen molar-refractivity contribution in [3.05, 3.63) is 35.4 Å². The van der Waals surface area contributed by atoms with Crippen LogP contribution >= 0.6 is 0 Å². The van der Waals surface area contributed by atoms with E-state index in [1.807, 2.05) is 19.1 Å². The Morgan fingerprint density at radius 2 is 2.00 bits per heavy atom. The highest BCUT2D eigenvalue weighted by molar-refractivity contribution is 5.85. The van der Waals surface area contributed by atoms with Crippen LogP contribution in [0.5, 0.6) is 0 Å². The molecule has 0 aliphatic heterocycles. The van der Waals surface area contributed by atoms with Gasteiger partial charge in [0.05, 0.1) is 6.04 Å². The highest BCUT2D eigenvalue weighted by Gasteiger charge is 2.11. The first-order valence-corrected chi connectivity index (χ1v) is 6.00. The second-order valence-electron chi connectivity index (χ2n) is 3.99. The fraction of sp³-hybridized carbons (Fsp3) is 0.462. The van der Waals surface area contributed by atoms with Crippen LogP contribution in [0.15, 0.2) is 29.4 Å². The van der Waals surface area contributed by atoms with Crippen LogP contribution in [-0.4, -0.2) is 17.1 Å². The number of rotatable bonds is 6. The molecule has 4 nitrogen and oxygen atoms in total. The molecule has 94 valence electrons. The zero-order valence-corrected chi connectivity index (χ0v) is 10.5. The van der Waals surface area contributed by atoms with Gasteiger partial charge < -0.3 is 16.3 Å². The number of hydrogen-bond donors (Lipinski definition) is 3. The van der Waals surface area contributed by atoms with Crippen LogP contribution < -0.4 is 11.1 Å². The molecule has 0 fully saturated rings. The Morgan fingerprint density at radius 3 is 2.53 bits per heavy atom. The lowest BCUT2D eigenvalue weighted by atomic mass is 10.0. The summed E-state index contributed by atoms with van der Waals surface area (Å²) < 4.78 is 0. The maximum atomic E-state index is 8.66. The van der Waals surface area contributed by atoms with Gasteiger partial charge in [-0.3, -0.25) is 0 Å². The molecule has 0 bridgehead atoms. The van der Waals surface area contributed by atoms with E-state index in [1.165, 1.54) is 11.1 Å². The largest absolute Gasteiger partial charge is 0.409 e. The number of hydrogen-bond acceptors (Lipinski definition) is 3. The second kappa shape index (κ2) is 6.91. The molecule has 0 aliphatic carbocycles. The normalized spacial score (nSPS) is 13.6. The SMILES string of the molecule is CCc1ccccc1CNC(CC)C(N)=NO. The lowest BCUT2D eigenvalue weighted by Crippen LogP contribution is -2.40. The smallest absolute Gasteiger partial charge is 0.156 e. The number of nitrogens with zero attached hydrogens (tertiary/aromatic N) is 1. The summed E-state index contributed by atoms with van der Waals surface area (Å²) >= 11 is 0. The number of nitrogens with two attached hydrogens (primary N) is 1. The van der Waals surface area contributed by atoms with E-state index in [2.05, 4.69) is 29.5 Å². The first-order valence-electron chi connectivity index (χ1n) is 6.00. The topological polar surface area (TPSA) is 70.6 Å². The zero-order valence-electron chi connectivity index (χ0n) is 10.5. The molecule has 4 heteroatoms. The Hall–Kier alpha value is -1.55. The van der Waals surface area contributed by atoms with Crippen molar-refractivity contribution < 1.29 is 5.21 Å². The average Bonchev–Trinajstić information content (AvgIpc) is 2.39. The number of amidine groups is 1. The van der Waals surface area contributed by atoms with Gasteiger partial charge in [0.25, 0.3) is 0 Å². The standard InChI is InChI=1S/C13H21N3O/c1-3-10-7-5-6-8-11(10)9-15-12(4-2)13(14)16-17/h5-8,12,15,17H,3-4,9H2,1-2H3,(H2,14,16). The minimum atomic E-state index is -0.0788. The van der Waals surface area contributed by atoms with E-state index in [0.717, 1.165) is 19.4 Å². The van der Waals surface area contributed by atoms with Gasteiger partial charge in [-0.2, -0.15) is 0 Å². The van der Waals surface area contributed by atoms with Gasteiger partial charge in [0.1, 0.15) is 0 Å². The molecule has 4 N–H and O–H groups in total. The predicted molar refractivity (Wildman–Crippen MR) is 70.1 cm³/mol. The molecular weight excluding hydrogens is 214 g/mol. The average molecular weight is 235 g/mol. The molecule has 1 unspecified atom stereocenters. The van der Waals surface area contributed by atoms with E-state index < -0.39 is 0 Å². The van der Waals surface area contributed by atoms with Gasteiger partial charge in [-0.05, 0) is 24.0 Å². The van der Waals surface area contributed by atoms with Crippen molar-refractivity contribution in [1.82, 2.24) is 5.32 Å². The number of benzene rings is 1. The van der Waals surface area contributed by atoms with Gasteiger partial charge >= 0.3 is 0 Å². The van der Waals surface area contributed by atoms with Crippen LogP contribution in [0.1, 0.15) is 31.4 Å². The minimum absolute atomic E-state index is 0.0788. The molecule has 0 heterocycles. The van der Waals surface area contributed by atoms with Crippen molar-refractivity contribution >= 4 is 5.84 Å². The van der Waals surface area contributed by atoms with Crippen molar-refractivity contribution in [2.75, 3.05) is 0 Å². The van der Waals surface area contributed by atoms with Gasteiger partial charge in [-0.15, -0.1) is 0 Å². The van der Waals surface area contributed by atoms with Gasteiger partial charge in [0.15, 0.2) is 5.84 Å². The van der Waals surface area contributed by atoms with E-state index in [0.29, 0.717) is 0 Å². The Bertz CT molecular complexity index is 377. The zero-order chi connectivity index (χ0) is 12.7. The second-order valence-corrected chi connectivity index (χ2v) is 3.99. The quantitative estimate of drug-likeness (QED) is 0.305. The fourth-order valence-corrected chi connectivity index (χ4v) is 1.84. The third-order valence-corrected chi connectivity index (χ3v) is 2.92. The van der Waals surface area contributed by atoms with E-state index in [-0.39, 0.29) is 11.9 Å². The van der Waals surface area contributed by atoms with Crippen LogP contribution in [0.4, 0.5) is 0 Å². The summed E-state index contributed by atoms with van der Waals surface area (Å²) in [5.74, 6) is 0.237. The molecule has 1 rings (SSSR count). The van der Waals surface area contributed by atoms with Crippen molar-refractivity contribution in [2.45, 2.75) is 39.3 Å². The van der Waals surface area contributed by atoms with E-state index >= 15 is 0 Å². The number of oxime groups is 1. The molecule has 0 saturated heterocycles. The fourth-order valence-electron chi connectivity index (χ4n) is 1.84. The summed E-state index contributed by atoms with van der Waals surface area (Å²) in [5, 5.41) is 15.0. The van der Waals surface area contributed by atoms with E-state index in [9.17, 15) is 0 Å². The lowest BCUT2D eigenvalue weighted by Gasteiger charge is -2.16. The van der Waals surface area contributed by atoms with E-state index in [4.69, 9.17) is 10.9 Å². The molecule has 1 aromatic carbocycles. The molecular formula is C13H21N3O. The summed E-state index contributed by atoms with van der Waals surface area (Å²) in [6.45, 7) is 4.87. The summed E-state index contributed by atoms with van der Waals surface area (Å²) in [4.78, 5) is 0.